The van der Waals surface area contributed by atoms with Crippen LogP contribution in [-0.4, -0.2) is 11.3 Å². The molecule has 0 atom stereocenters. The van der Waals surface area contributed by atoms with Gasteiger partial charge in [0.1, 0.15) is 6.29 Å². The third-order valence-electron chi connectivity index (χ3n) is 2.11. The molecule has 0 saturated carbocycles. The lowest BCUT2D eigenvalue weighted by Crippen LogP contribution is -1.81. The molecule has 2 aromatic rings. The van der Waals surface area contributed by atoms with Crippen LogP contribution in [0.3, 0.4) is 0 Å². The summed E-state index contributed by atoms with van der Waals surface area (Å²) in [6.45, 7) is 0. The van der Waals surface area contributed by atoms with Crippen LogP contribution in [0.1, 0.15) is 12.0 Å². The van der Waals surface area contributed by atoms with E-state index in [2.05, 4.69) is 16.8 Å². The van der Waals surface area contributed by atoms with Crippen molar-refractivity contribution in [2.24, 2.45) is 0 Å². The van der Waals surface area contributed by atoms with Crippen molar-refractivity contribution in [1.82, 2.24) is 4.98 Å². The number of aromatic nitrogens is 1. The van der Waals surface area contributed by atoms with Gasteiger partial charge in [0.25, 0.3) is 0 Å². The lowest BCUT2D eigenvalue weighted by atomic mass is 10.1. The Hall–Kier alpha value is -1.85. The second-order valence-electron chi connectivity index (χ2n) is 3.20. The van der Waals surface area contributed by atoms with E-state index in [-0.39, 0.29) is 6.42 Å². The Kier molecular flexibility index (Phi) is 3.19. The van der Waals surface area contributed by atoms with Crippen molar-refractivity contribution in [3.63, 3.8) is 0 Å². The molecule has 0 aliphatic heterocycles. The van der Waals surface area contributed by atoms with E-state index in [0.717, 1.165) is 22.8 Å². The Morgan fingerprint density at radius 3 is 3.06 bits per heavy atom. The second-order valence-corrected chi connectivity index (χ2v) is 3.60. The Labute approximate surface area is 98.3 Å². The molecule has 1 heterocycles. The maximum absolute atomic E-state index is 10.1. The molecule has 0 aliphatic carbocycles. The second kappa shape index (κ2) is 4.78. The van der Waals surface area contributed by atoms with E-state index in [9.17, 15) is 4.79 Å². The summed E-state index contributed by atoms with van der Waals surface area (Å²) in [7, 11) is 0. The van der Waals surface area contributed by atoms with Crippen molar-refractivity contribution in [2.45, 2.75) is 6.42 Å². The van der Waals surface area contributed by atoms with Crippen molar-refractivity contribution in [1.29, 1.82) is 0 Å². The van der Waals surface area contributed by atoms with Crippen LogP contribution in [0.5, 0.6) is 0 Å². The molecule has 0 amide bonds. The molecule has 0 aliphatic rings. The molecule has 1 aromatic carbocycles. The van der Waals surface area contributed by atoms with Gasteiger partial charge in [0.15, 0.2) is 0 Å². The number of hydrogen-bond acceptors (Lipinski definition) is 2. The van der Waals surface area contributed by atoms with E-state index in [0.29, 0.717) is 5.02 Å². The smallest absolute Gasteiger partial charge is 0.131 e. The number of halogens is 1. The first-order chi connectivity index (χ1) is 7.81. The number of benzene rings is 1. The zero-order valence-corrected chi connectivity index (χ0v) is 9.16. The molecule has 1 aromatic heterocycles. The fraction of sp³-hybridized carbons (Fsp3) is 0.0769. The van der Waals surface area contributed by atoms with Crippen LogP contribution in [0.25, 0.3) is 10.9 Å². The predicted octanol–water partition coefficient (Wildman–Crippen LogP) is 2.83. The number of nitrogens with zero attached hydrogens (tertiary/aromatic N) is 1. The zero-order valence-electron chi connectivity index (χ0n) is 8.40. The predicted molar refractivity (Wildman–Crippen MR) is 64.3 cm³/mol. The molecule has 0 bridgehead atoms. The first-order valence-electron chi connectivity index (χ1n) is 4.78. The van der Waals surface area contributed by atoms with Gasteiger partial charge < -0.3 is 4.79 Å². The molecule has 0 unspecified atom stereocenters. The van der Waals surface area contributed by atoms with E-state index in [1.165, 1.54) is 0 Å². The number of aldehydes is 1. The van der Waals surface area contributed by atoms with Gasteiger partial charge in [0.2, 0.25) is 0 Å². The lowest BCUT2D eigenvalue weighted by Gasteiger charge is -1.99. The molecule has 16 heavy (non-hydrogen) atoms. The molecule has 0 spiro atoms. The highest BCUT2D eigenvalue weighted by Crippen LogP contribution is 2.22. The van der Waals surface area contributed by atoms with Gasteiger partial charge in [-0.05, 0) is 24.3 Å². The summed E-state index contributed by atoms with van der Waals surface area (Å²) in [5.74, 6) is 5.65. The quantitative estimate of drug-likeness (QED) is 0.556. The summed E-state index contributed by atoms with van der Waals surface area (Å²) in [6.07, 6.45) is 2.70. The highest BCUT2D eigenvalue weighted by Gasteiger charge is 1.99. The van der Waals surface area contributed by atoms with Crippen molar-refractivity contribution in [3.05, 3.63) is 41.0 Å². The summed E-state index contributed by atoms with van der Waals surface area (Å²) in [5.41, 5.74) is 1.68. The van der Waals surface area contributed by atoms with Gasteiger partial charge in [0.05, 0.1) is 17.0 Å². The summed E-state index contributed by atoms with van der Waals surface area (Å²) in [5, 5.41) is 1.53. The fourth-order valence-electron chi connectivity index (χ4n) is 1.39. The van der Waals surface area contributed by atoms with E-state index in [4.69, 9.17) is 11.6 Å². The van der Waals surface area contributed by atoms with E-state index < -0.39 is 0 Å². The van der Waals surface area contributed by atoms with Crippen LogP contribution in [0.4, 0.5) is 0 Å². The summed E-state index contributed by atoms with van der Waals surface area (Å²) in [4.78, 5) is 14.3. The Balaban J connectivity index is 2.48. The standard InChI is InChI=1S/C13H8ClNO/c14-12-6-7-15-13-5-4-10(9-11(12)13)3-1-2-8-16/h4-9H,2H2. The van der Waals surface area contributed by atoms with Gasteiger partial charge in [-0.2, -0.15) is 0 Å². The van der Waals surface area contributed by atoms with E-state index in [1.54, 1.807) is 12.3 Å². The Bertz CT molecular complexity index is 596. The SMILES string of the molecule is O=CCC#Cc1ccc2nccc(Cl)c2c1. The first-order valence-corrected chi connectivity index (χ1v) is 5.16. The van der Waals surface area contributed by atoms with Crippen molar-refractivity contribution < 1.29 is 4.79 Å². The average molecular weight is 230 g/mol. The maximum Gasteiger partial charge on any atom is 0.131 e. The third-order valence-corrected chi connectivity index (χ3v) is 2.44. The van der Waals surface area contributed by atoms with Crippen molar-refractivity contribution in [2.75, 3.05) is 0 Å². The molecule has 0 N–H and O–H groups in total. The van der Waals surface area contributed by atoms with Gasteiger partial charge in [-0.1, -0.05) is 23.4 Å². The van der Waals surface area contributed by atoms with Crippen LogP contribution < -0.4 is 0 Å². The number of carbonyl (C=O) groups excluding carboxylic acids is 1. The summed E-state index contributed by atoms with van der Waals surface area (Å²) < 4.78 is 0. The van der Waals surface area contributed by atoms with Crippen LogP contribution in [0.2, 0.25) is 5.02 Å². The summed E-state index contributed by atoms with van der Waals surface area (Å²) >= 11 is 6.05. The monoisotopic (exact) mass is 229 g/mol. The molecule has 78 valence electrons. The summed E-state index contributed by atoms with van der Waals surface area (Å²) in [6, 6.07) is 7.35. The van der Waals surface area contributed by atoms with Crippen LogP contribution >= 0.6 is 11.6 Å². The van der Waals surface area contributed by atoms with Gasteiger partial charge >= 0.3 is 0 Å². The number of pyridine rings is 1. The minimum atomic E-state index is 0.249. The minimum absolute atomic E-state index is 0.249. The maximum atomic E-state index is 10.1. The van der Waals surface area contributed by atoms with Crippen LogP contribution in [0.15, 0.2) is 30.5 Å². The van der Waals surface area contributed by atoms with Crippen LogP contribution in [0, 0.1) is 11.8 Å². The number of rotatable bonds is 1. The number of fused-ring (bicyclic) bond motifs is 1. The average Bonchev–Trinajstić information content (AvgIpc) is 2.30. The van der Waals surface area contributed by atoms with E-state index in [1.807, 2.05) is 18.2 Å². The third kappa shape index (κ3) is 2.21. The molecule has 0 radical (unpaired) electrons. The molecular formula is C13H8ClNO. The fourth-order valence-corrected chi connectivity index (χ4v) is 1.59. The Morgan fingerprint density at radius 2 is 2.25 bits per heavy atom. The highest BCUT2D eigenvalue weighted by atomic mass is 35.5. The molecule has 0 saturated heterocycles. The van der Waals surface area contributed by atoms with Gasteiger partial charge in [0, 0.05) is 17.1 Å². The number of hydrogen-bond donors (Lipinski definition) is 0. The molecule has 0 fully saturated rings. The molecule has 2 rings (SSSR count). The minimum Gasteiger partial charge on any atom is -0.302 e. The Morgan fingerprint density at radius 1 is 1.38 bits per heavy atom. The topological polar surface area (TPSA) is 30.0 Å². The van der Waals surface area contributed by atoms with Gasteiger partial charge in [-0.15, -0.1) is 0 Å². The van der Waals surface area contributed by atoms with Crippen molar-refractivity contribution in [3.8, 4) is 11.8 Å². The molecule has 2 nitrogen and oxygen atoms in total. The van der Waals surface area contributed by atoms with E-state index >= 15 is 0 Å². The van der Waals surface area contributed by atoms with Crippen LogP contribution in [-0.2, 0) is 4.79 Å². The highest BCUT2D eigenvalue weighted by molar-refractivity contribution is 6.35. The normalized spacial score (nSPS) is 9.56. The van der Waals surface area contributed by atoms with Crippen molar-refractivity contribution >= 4 is 28.8 Å². The molecule has 3 heteroatoms. The number of carbonyl (C=O) groups is 1. The largest absolute Gasteiger partial charge is 0.302 e. The first kappa shape index (κ1) is 10.7. The van der Waals surface area contributed by atoms with Gasteiger partial charge in [-0.3, -0.25) is 4.98 Å². The lowest BCUT2D eigenvalue weighted by molar-refractivity contribution is -0.107. The zero-order chi connectivity index (χ0) is 11.4. The van der Waals surface area contributed by atoms with Gasteiger partial charge in [-0.25, -0.2) is 0 Å². The molecular weight excluding hydrogens is 222 g/mol.